The second kappa shape index (κ2) is 10.7. The Morgan fingerprint density at radius 1 is 0.971 bits per heavy atom. The molecule has 0 saturated carbocycles. The first kappa shape index (κ1) is 23.8. The van der Waals surface area contributed by atoms with Gasteiger partial charge < -0.3 is 4.74 Å². The lowest BCUT2D eigenvalue weighted by Crippen LogP contribution is -2.44. The quantitative estimate of drug-likeness (QED) is 0.290. The molecule has 0 bridgehead atoms. The second-order valence-electron chi connectivity index (χ2n) is 7.13. The Morgan fingerprint density at radius 2 is 1.62 bits per heavy atom. The Morgan fingerprint density at radius 3 is 2.26 bits per heavy atom. The van der Waals surface area contributed by atoms with Crippen LogP contribution in [0.5, 0.6) is 0 Å². The highest BCUT2D eigenvalue weighted by Gasteiger charge is 2.36. The number of carbonyl (C=O) groups excluding carboxylic acids is 5. The van der Waals surface area contributed by atoms with E-state index in [9.17, 15) is 34.1 Å². The van der Waals surface area contributed by atoms with Crippen LogP contribution >= 0.6 is 0 Å². The van der Waals surface area contributed by atoms with Gasteiger partial charge in [0.2, 0.25) is 5.91 Å². The Labute approximate surface area is 192 Å². The van der Waals surface area contributed by atoms with Gasteiger partial charge in [-0.2, -0.15) is 0 Å². The minimum atomic E-state index is -0.920. The maximum absolute atomic E-state index is 12.3. The predicted octanol–water partition coefficient (Wildman–Crippen LogP) is 0.0925. The average molecular weight is 469 g/mol. The van der Waals surface area contributed by atoms with Crippen molar-refractivity contribution < 1.29 is 33.6 Å². The molecule has 34 heavy (non-hydrogen) atoms. The van der Waals surface area contributed by atoms with Crippen LogP contribution < -0.4 is 16.3 Å². The average Bonchev–Trinajstić information content (AvgIpc) is 3.21. The van der Waals surface area contributed by atoms with E-state index in [0.717, 1.165) is 17.1 Å². The van der Waals surface area contributed by atoms with Crippen LogP contribution in [0.1, 0.15) is 27.1 Å². The van der Waals surface area contributed by atoms with Gasteiger partial charge in [0.05, 0.1) is 17.4 Å². The van der Waals surface area contributed by atoms with Crippen LogP contribution in [0.25, 0.3) is 0 Å². The molecular weight excluding hydrogens is 450 g/mol. The second-order valence-corrected chi connectivity index (χ2v) is 7.13. The van der Waals surface area contributed by atoms with Crippen LogP contribution in [0.4, 0.5) is 5.69 Å². The van der Waals surface area contributed by atoms with Gasteiger partial charge in [0.25, 0.3) is 23.4 Å². The number of non-ortho nitro benzene ring substituents is 1. The van der Waals surface area contributed by atoms with E-state index in [4.69, 9.17) is 4.74 Å². The molecule has 0 radical (unpaired) electrons. The van der Waals surface area contributed by atoms with E-state index in [1.165, 1.54) is 12.1 Å². The third-order valence-electron chi connectivity index (χ3n) is 4.73. The van der Waals surface area contributed by atoms with Crippen LogP contribution in [0.15, 0.2) is 54.6 Å². The normalized spacial score (nSPS) is 14.8. The molecular formula is C21H19N5O8. The Balaban J connectivity index is 1.43. The predicted molar refractivity (Wildman–Crippen MR) is 113 cm³/mol. The van der Waals surface area contributed by atoms with E-state index >= 15 is 0 Å². The topological polar surface area (TPSA) is 177 Å². The summed E-state index contributed by atoms with van der Waals surface area (Å²) in [6.07, 6.45) is -0.244. The van der Waals surface area contributed by atoms with Crippen LogP contribution in [-0.2, 0) is 19.1 Å². The Hall–Kier alpha value is -4.81. The molecule has 2 aromatic carbocycles. The van der Waals surface area contributed by atoms with Gasteiger partial charge >= 0.3 is 5.97 Å². The molecule has 3 rings (SSSR count). The summed E-state index contributed by atoms with van der Waals surface area (Å²) in [6, 6.07) is 12.9. The molecule has 1 fully saturated rings. The molecule has 2 aromatic rings. The number of benzene rings is 2. The van der Waals surface area contributed by atoms with Crippen molar-refractivity contribution in [1.82, 2.24) is 21.3 Å². The lowest BCUT2D eigenvalue weighted by molar-refractivity contribution is -0.384. The van der Waals surface area contributed by atoms with E-state index in [-0.39, 0.29) is 24.2 Å². The maximum atomic E-state index is 12.3. The molecule has 0 aliphatic carbocycles. The van der Waals surface area contributed by atoms with Gasteiger partial charge in [-0.1, -0.05) is 18.2 Å². The molecule has 1 saturated heterocycles. The number of hydrazine groups is 2. The molecule has 13 heteroatoms. The SMILES string of the molecule is O=C(COC(=O)[C@@H]1CC(=O)N(NC(=O)c2ccc([N+](=O)[O-])cc2)C1)NNC(=O)c1ccccc1. The largest absolute Gasteiger partial charge is 0.455 e. The van der Waals surface area contributed by atoms with Gasteiger partial charge in [0.15, 0.2) is 6.61 Å². The van der Waals surface area contributed by atoms with Gasteiger partial charge in [-0.25, -0.2) is 0 Å². The van der Waals surface area contributed by atoms with Crippen LogP contribution in [0.2, 0.25) is 0 Å². The molecule has 176 valence electrons. The first-order valence-electron chi connectivity index (χ1n) is 9.91. The van der Waals surface area contributed by atoms with Gasteiger partial charge in [-0.3, -0.25) is 55.4 Å². The maximum Gasteiger partial charge on any atom is 0.311 e. The van der Waals surface area contributed by atoms with Gasteiger partial charge in [-0.15, -0.1) is 0 Å². The van der Waals surface area contributed by atoms with E-state index in [2.05, 4.69) is 16.3 Å². The number of carbonyl (C=O) groups is 5. The van der Waals surface area contributed by atoms with E-state index < -0.39 is 47.0 Å². The molecule has 0 spiro atoms. The number of hydrogen-bond acceptors (Lipinski definition) is 8. The first-order chi connectivity index (χ1) is 16.2. The summed E-state index contributed by atoms with van der Waals surface area (Å²) in [5.74, 6) is -4.32. The van der Waals surface area contributed by atoms with Crippen molar-refractivity contribution in [2.24, 2.45) is 5.92 Å². The molecule has 0 aromatic heterocycles. The van der Waals surface area contributed by atoms with E-state index in [1.807, 2.05) is 0 Å². The van der Waals surface area contributed by atoms with Crippen LogP contribution in [-0.4, -0.2) is 52.7 Å². The van der Waals surface area contributed by atoms with Gasteiger partial charge in [0.1, 0.15) is 0 Å². The molecule has 1 heterocycles. The zero-order valence-corrected chi connectivity index (χ0v) is 17.6. The van der Waals surface area contributed by atoms with Crippen molar-refractivity contribution in [3.63, 3.8) is 0 Å². The third-order valence-corrected chi connectivity index (χ3v) is 4.73. The lowest BCUT2D eigenvalue weighted by Gasteiger charge is -2.17. The molecule has 4 amide bonds. The van der Waals surface area contributed by atoms with Crippen molar-refractivity contribution in [3.8, 4) is 0 Å². The standard InChI is InChI=1S/C21H19N5O8/c27-17(22-23-19(29)13-4-2-1-3-5-13)12-34-21(31)15-10-18(28)25(11-15)24-20(30)14-6-8-16(9-7-14)26(32)33/h1-9,15H,10-12H2,(H,22,27)(H,23,29)(H,24,30)/t15-/m1/s1. The number of nitro benzene ring substituents is 1. The number of ether oxygens (including phenoxy) is 1. The van der Waals surface area contributed by atoms with Gasteiger partial charge in [0, 0.05) is 29.7 Å². The summed E-state index contributed by atoms with van der Waals surface area (Å²) in [5.41, 5.74) is 6.82. The fraction of sp³-hybridized carbons (Fsp3) is 0.190. The van der Waals surface area contributed by atoms with Crippen molar-refractivity contribution in [1.29, 1.82) is 0 Å². The summed E-state index contributed by atoms with van der Waals surface area (Å²) in [6.45, 7) is -0.865. The fourth-order valence-electron chi connectivity index (χ4n) is 2.97. The Kier molecular flexibility index (Phi) is 7.48. The van der Waals surface area contributed by atoms with Crippen molar-refractivity contribution >= 4 is 35.3 Å². The number of rotatable bonds is 7. The highest BCUT2D eigenvalue weighted by atomic mass is 16.6. The molecule has 1 aliphatic heterocycles. The summed E-state index contributed by atoms with van der Waals surface area (Å²) in [5, 5.41) is 11.6. The number of esters is 1. The molecule has 1 atom stereocenters. The molecule has 3 N–H and O–H groups in total. The number of nitro groups is 1. The van der Waals surface area contributed by atoms with E-state index in [1.54, 1.807) is 30.3 Å². The number of nitrogens with zero attached hydrogens (tertiary/aromatic N) is 2. The summed E-state index contributed by atoms with van der Waals surface area (Å²) >= 11 is 0. The summed E-state index contributed by atoms with van der Waals surface area (Å²) in [4.78, 5) is 70.4. The smallest absolute Gasteiger partial charge is 0.311 e. The number of amides is 4. The van der Waals surface area contributed by atoms with Crippen molar-refractivity contribution in [3.05, 3.63) is 75.8 Å². The van der Waals surface area contributed by atoms with Crippen LogP contribution in [0.3, 0.4) is 0 Å². The number of nitrogens with one attached hydrogen (secondary N) is 3. The fourth-order valence-corrected chi connectivity index (χ4v) is 2.97. The lowest BCUT2D eigenvalue weighted by atomic mass is 10.1. The summed E-state index contributed by atoms with van der Waals surface area (Å²) < 4.78 is 4.89. The molecule has 1 aliphatic rings. The minimum absolute atomic E-state index is 0.0821. The van der Waals surface area contributed by atoms with Gasteiger partial charge in [-0.05, 0) is 24.3 Å². The zero-order valence-electron chi connectivity index (χ0n) is 17.6. The van der Waals surface area contributed by atoms with Crippen LogP contribution in [0, 0.1) is 16.0 Å². The zero-order chi connectivity index (χ0) is 24.7. The molecule has 0 unspecified atom stereocenters. The monoisotopic (exact) mass is 469 g/mol. The van der Waals surface area contributed by atoms with Crippen molar-refractivity contribution in [2.75, 3.05) is 13.2 Å². The first-order valence-corrected chi connectivity index (χ1v) is 9.91. The Bertz CT molecular complexity index is 1120. The minimum Gasteiger partial charge on any atom is -0.455 e. The highest BCUT2D eigenvalue weighted by molar-refractivity contribution is 5.97. The number of hydrogen-bond donors (Lipinski definition) is 3. The third kappa shape index (κ3) is 6.12. The summed E-state index contributed by atoms with van der Waals surface area (Å²) in [7, 11) is 0. The highest BCUT2D eigenvalue weighted by Crippen LogP contribution is 2.18. The molecule has 13 nitrogen and oxygen atoms in total. The van der Waals surface area contributed by atoms with Crippen molar-refractivity contribution in [2.45, 2.75) is 6.42 Å². The van der Waals surface area contributed by atoms with E-state index in [0.29, 0.717) is 5.56 Å².